The topological polar surface area (TPSA) is 3.24 Å². The van der Waals surface area contributed by atoms with E-state index in [9.17, 15) is 0 Å². The first-order chi connectivity index (χ1) is 6.15. The van der Waals surface area contributed by atoms with Crippen LogP contribution < -0.4 is 0 Å². The minimum atomic E-state index is 0.535. The fourth-order valence-corrected chi connectivity index (χ4v) is 3.62. The van der Waals surface area contributed by atoms with E-state index in [1.54, 1.807) is 0 Å². The van der Waals surface area contributed by atoms with Gasteiger partial charge in [0.15, 0.2) is 0 Å². The molecule has 2 atom stereocenters. The molecule has 0 aromatic heterocycles. The zero-order valence-electron chi connectivity index (χ0n) is 8.72. The molecule has 0 N–H and O–H groups in total. The number of halogens is 1. The third-order valence-corrected chi connectivity index (χ3v) is 4.10. The highest BCUT2D eigenvalue weighted by atomic mass is 35.5. The number of hydrogen-bond acceptors (Lipinski definition) is 1. The van der Waals surface area contributed by atoms with Crippen LogP contribution >= 0.6 is 11.6 Å². The number of fused-ring (bicyclic) bond motifs is 1. The molecule has 2 rings (SSSR count). The summed E-state index contributed by atoms with van der Waals surface area (Å²) in [6.45, 7) is 7.19. The molecule has 0 radical (unpaired) electrons. The molecule has 2 fully saturated rings. The summed E-state index contributed by atoms with van der Waals surface area (Å²) in [4.78, 5) is 2.62. The van der Waals surface area contributed by atoms with Crippen molar-refractivity contribution < 1.29 is 0 Å². The Kier molecular flexibility index (Phi) is 2.59. The molecule has 2 aliphatic rings. The molecule has 0 bridgehead atoms. The Morgan fingerprint density at radius 2 is 2.15 bits per heavy atom. The highest BCUT2D eigenvalue weighted by molar-refractivity contribution is 6.18. The maximum atomic E-state index is 5.82. The molecular formula is C11H20ClN. The van der Waals surface area contributed by atoms with Crippen LogP contribution in [0.5, 0.6) is 0 Å². The van der Waals surface area contributed by atoms with Gasteiger partial charge >= 0.3 is 0 Å². The van der Waals surface area contributed by atoms with E-state index in [1.165, 1.54) is 25.8 Å². The molecular weight excluding hydrogens is 182 g/mol. The van der Waals surface area contributed by atoms with E-state index in [0.29, 0.717) is 5.41 Å². The first kappa shape index (κ1) is 9.79. The molecule has 1 saturated heterocycles. The highest BCUT2D eigenvalue weighted by Crippen LogP contribution is 2.48. The van der Waals surface area contributed by atoms with Crippen LogP contribution in [-0.4, -0.2) is 29.9 Å². The Morgan fingerprint density at radius 1 is 1.38 bits per heavy atom. The number of nitrogens with zero attached hydrogens (tertiary/aromatic N) is 1. The number of alkyl halides is 1. The van der Waals surface area contributed by atoms with Crippen molar-refractivity contribution in [1.29, 1.82) is 0 Å². The van der Waals surface area contributed by atoms with Crippen molar-refractivity contribution in [3.63, 3.8) is 0 Å². The van der Waals surface area contributed by atoms with Crippen molar-refractivity contribution >= 4 is 11.6 Å². The molecule has 1 nitrogen and oxygen atoms in total. The molecule has 0 aromatic carbocycles. The minimum Gasteiger partial charge on any atom is -0.298 e. The molecule has 0 aromatic rings. The molecule has 13 heavy (non-hydrogen) atoms. The van der Waals surface area contributed by atoms with Gasteiger partial charge in [0.1, 0.15) is 0 Å². The highest BCUT2D eigenvalue weighted by Gasteiger charge is 2.48. The summed E-state index contributed by atoms with van der Waals surface area (Å²) in [6, 6.07) is 0.855. The third-order valence-electron chi connectivity index (χ3n) is 3.93. The Balaban J connectivity index is 2.09. The fraction of sp³-hybridized carbons (Fsp3) is 1.00. The summed E-state index contributed by atoms with van der Waals surface area (Å²) >= 11 is 5.82. The lowest BCUT2D eigenvalue weighted by Gasteiger charge is -2.24. The lowest BCUT2D eigenvalue weighted by molar-refractivity contribution is 0.251. The van der Waals surface area contributed by atoms with Crippen molar-refractivity contribution in [2.24, 2.45) is 11.3 Å². The van der Waals surface area contributed by atoms with E-state index in [4.69, 9.17) is 11.6 Å². The molecule has 76 valence electrons. The summed E-state index contributed by atoms with van der Waals surface area (Å²) in [5, 5.41) is 0. The second-order valence-corrected chi connectivity index (χ2v) is 5.63. The zero-order chi connectivity index (χ0) is 9.47. The second kappa shape index (κ2) is 3.43. The van der Waals surface area contributed by atoms with Gasteiger partial charge in [-0.2, -0.15) is 0 Å². The first-order valence-electron chi connectivity index (χ1n) is 5.45. The van der Waals surface area contributed by atoms with Gasteiger partial charge in [0.05, 0.1) is 0 Å². The van der Waals surface area contributed by atoms with Crippen LogP contribution in [0.2, 0.25) is 0 Å². The molecule has 1 saturated carbocycles. The summed E-state index contributed by atoms with van der Waals surface area (Å²) < 4.78 is 0. The van der Waals surface area contributed by atoms with Crippen molar-refractivity contribution in [2.75, 3.05) is 19.0 Å². The average molecular weight is 202 g/mol. The van der Waals surface area contributed by atoms with E-state index in [-0.39, 0.29) is 0 Å². The molecule has 2 unspecified atom stereocenters. The summed E-state index contributed by atoms with van der Waals surface area (Å²) in [5.41, 5.74) is 0.535. The standard InChI is InChI=1S/C11H20ClN/c1-11(2)8-13(7-6-12)10-5-3-4-9(10)11/h9-10H,3-8H2,1-2H3. The Bertz CT molecular complexity index is 191. The van der Waals surface area contributed by atoms with Gasteiger partial charge < -0.3 is 0 Å². The first-order valence-corrected chi connectivity index (χ1v) is 5.98. The van der Waals surface area contributed by atoms with Crippen LogP contribution in [0.25, 0.3) is 0 Å². The van der Waals surface area contributed by atoms with Crippen LogP contribution in [0.4, 0.5) is 0 Å². The van der Waals surface area contributed by atoms with Gasteiger partial charge in [0.2, 0.25) is 0 Å². The normalized spacial score (nSPS) is 38.1. The van der Waals surface area contributed by atoms with E-state index in [1.807, 2.05) is 0 Å². The van der Waals surface area contributed by atoms with Crippen LogP contribution in [0.3, 0.4) is 0 Å². The maximum absolute atomic E-state index is 5.82. The van der Waals surface area contributed by atoms with Crippen molar-refractivity contribution in [3.8, 4) is 0 Å². The summed E-state index contributed by atoms with van der Waals surface area (Å²) in [6.07, 6.45) is 4.28. The monoisotopic (exact) mass is 201 g/mol. The van der Waals surface area contributed by atoms with Crippen molar-refractivity contribution in [2.45, 2.75) is 39.2 Å². The molecule has 0 spiro atoms. The smallest absolute Gasteiger partial charge is 0.0351 e. The van der Waals surface area contributed by atoms with Crippen LogP contribution in [0, 0.1) is 11.3 Å². The largest absolute Gasteiger partial charge is 0.298 e. The van der Waals surface area contributed by atoms with E-state index in [2.05, 4.69) is 18.7 Å². The molecule has 1 aliphatic carbocycles. The summed E-state index contributed by atoms with van der Waals surface area (Å²) in [7, 11) is 0. The number of likely N-dealkylation sites (tertiary alicyclic amines) is 1. The number of rotatable bonds is 2. The van der Waals surface area contributed by atoms with Gasteiger partial charge in [-0.3, -0.25) is 4.90 Å². The fourth-order valence-electron chi connectivity index (χ4n) is 3.40. The molecule has 0 amide bonds. The Hall–Kier alpha value is 0.250. The quantitative estimate of drug-likeness (QED) is 0.622. The van der Waals surface area contributed by atoms with Gasteiger partial charge in [-0.05, 0) is 24.2 Å². The van der Waals surface area contributed by atoms with Crippen molar-refractivity contribution in [3.05, 3.63) is 0 Å². The predicted molar refractivity (Wildman–Crippen MR) is 57.2 cm³/mol. The van der Waals surface area contributed by atoms with Gasteiger partial charge in [-0.1, -0.05) is 20.3 Å². The molecule has 1 aliphatic heterocycles. The van der Waals surface area contributed by atoms with Crippen LogP contribution in [0.1, 0.15) is 33.1 Å². The second-order valence-electron chi connectivity index (χ2n) is 5.25. The van der Waals surface area contributed by atoms with E-state index >= 15 is 0 Å². The lowest BCUT2D eigenvalue weighted by atomic mass is 9.80. The van der Waals surface area contributed by atoms with Crippen molar-refractivity contribution in [1.82, 2.24) is 4.90 Å². The van der Waals surface area contributed by atoms with E-state index in [0.717, 1.165) is 24.4 Å². The predicted octanol–water partition coefficient (Wildman–Crippen LogP) is 2.74. The van der Waals surface area contributed by atoms with Gasteiger partial charge in [-0.15, -0.1) is 11.6 Å². The summed E-state index contributed by atoms with van der Waals surface area (Å²) in [5.74, 6) is 1.73. The average Bonchev–Trinajstić information content (AvgIpc) is 2.57. The lowest BCUT2D eigenvalue weighted by Crippen LogP contribution is -2.31. The zero-order valence-corrected chi connectivity index (χ0v) is 9.48. The van der Waals surface area contributed by atoms with Gasteiger partial charge in [-0.25, -0.2) is 0 Å². The van der Waals surface area contributed by atoms with E-state index < -0.39 is 0 Å². The third kappa shape index (κ3) is 1.61. The van der Waals surface area contributed by atoms with Gasteiger partial charge in [0, 0.05) is 25.0 Å². The minimum absolute atomic E-state index is 0.535. The Labute approximate surface area is 86.4 Å². The van der Waals surface area contributed by atoms with Crippen LogP contribution in [0.15, 0.2) is 0 Å². The number of hydrogen-bond donors (Lipinski definition) is 0. The SMILES string of the molecule is CC1(C)CN(CCCl)C2CCCC21. The Morgan fingerprint density at radius 3 is 2.85 bits per heavy atom. The van der Waals surface area contributed by atoms with Crippen LogP contribution in [-0.2, 0) is 0 Å². The molecule has 2 heteroatoms. The molecule has 1 heterocycles. The maximum Gasteiger partial charge on any atom is 0.0351 e. The van der Waals surface area contributed by atoms with Gasteiger partial charge in [0.25, 0.3) is 0 Å².